The summed E-state index contributed by atoms with van der Waals surface area (Å²) in [4.78, 5) is 0.925. The van der Waals surface area contributed by atoms with Gasteiger partial charge in [0.15, 0.2) is 0 Å². The van der Waals surface area contributed by atoms with E-state index < -0.39 is 16.0 Å². The van der Waals surface area contributed by atoms with Gasteiger partial charge in [-0.25, -0.2) is 0 Å². The Hall–Kier alpha value is -0.140. The normalized spacial score (nSPS) is 11.8. The van der Waals surface area contributed by atoms with E-state index in [4.69, 9.17) is 16.2 Å². The number of thiophene rings is 1. The molecule has 1 rings (SSSR count). The molecule has 13 heavy (non-hydrogen) atoms. The van der Waals surface area contributed by atoms with E-state index in [9.17, 15) is 8.42 Å². The summed E-state index contributed by atoms with van der Waals surface area (Å²) in [6.45, 7) is 0.386. The van der Waals surface area contributed by atoms with Crippen molar-refractivity contribution in [1.82, 2.24) is 5.32 Å². The third kappa shape index (κ3) is 4.58. The predicted octanol–water partition coefficient (Wildman–Crippen LogP) is 1.34. The van der Waals surface area contributed by atoms with Crippen molar-refractivity contribution in [3.8, 4) is 0 Å². The molecular formula is C6H8ClNO3S2. The third-order valence-corrected chi connectivity index (χ3v) is 3.01. The minimum Gasteiger partial charge on any atom is -0.297 e. The molecule has 0 unspecified atom stereocenters. The quantitative estimate of drug-likeness (QED) is 0.781. The van der Waals surface area contributed by atoms with Gasteiger partial charge in [0.2, 0.25) is 0 Å². The third-order valence-electron chi connectivity index (χ3n) is 1.21. The minimum absolute atomic E-state index is 0.386. The zero-order valence-corrected chi connectivity index (χ0v) is 8.92. The van der Waals surface area contributed by atoms with Crippen molar-refractivity contribution in [2.45, 2.75) is 6.54 Å². The van der Waals surface area contributed by atoms with Gasteiger partial charge in [-0.15, -0.1) is 11.3 Å². The molecule has 0 aliphatic carbocycles. The SMILES string of the molecule is O=S(=O)(O)CNCc1ccc(Cl)s1. The molecule has 74 valence electrons. The highest BCUT2D eigenvalue weighted by Crippen LogP contribution is 2.20. The van der Waals surface area contributed by atoms with Crippen LogP contribution in [0.15, 0.2) is 12.1 Å². The Morgan fingerprint density at radius 3 is 2.69 bits per heavy atom. The van der Waals surface area contributed by atoms with Crippen molar-refractivity contribution in [2.24, 2.45) is 0 Å². The van der Waals surface area contributed by atoms with Gasteiger partial charge in [-0.2, -0.15) is 8.42 Å². The molecule has 0 fully saturated rings. The van der Waals surface area contributed by atoms with E-state index in [2.05, 4.69) is 5.32 Å². The van der Waals surface area contributed by atoms with Crippen molar-refractivity contribution < 1.29 is 13.0 Å². The average molecular weight is 242 g/mol. The van der Waals surface area contributed by atoms with E-state index >= 15 is 0 Å². The summed E-state index contributed by atoms with van der Waals surface area (Å²) >= 11 is 7.02. The summed E-state index contributed by atoms with van der Waals surface area (Å²) in [5, 5.41) is 2.57. The predicted molar refractivity (Wildman–Crippen MR) is 52.6 cm³/mol. The van der Waals surface area contributed by atoms with Gasteiger partial charge in [-0.3, -0.25) is 9.87 Å². The fraction of sp³-hybridized carbons (Fsp3) is 0.333. The standard InChI is InChI=1S/C6H8ClNO3S2/c7-6-2-1-5(12-6)3-8-4-13(9,10)11/h1-2,8H,3-4H2,(H,9,10,11). The van der Waals surface area contributed by atoms with Gasteiger partial charge in [0, 0.05) is 11.4 Å². The molecule has 4 nitrogen and oxygen atoms in total. The Bertz CT molecular complexity index is 373. The maximum Gasteiger partial charge on any atom is 0.278 e. The molecule has 0 atom stereocenters. The summed E-state index contributed by atoms with van der Waals surface area (Å²) in [6, 6.07) is 3.53. The molecule has 2 N–H and O–H groups in total. The van der Waals surface area contributed by atoms with Gasteiger partial charge in [-0.05, 0) is 12.1 Å². The Balaban J connectivity index is 2.36. The van der Waals surface area contributed by atoms with Crippen molar-refractivity contribution in [1.29, 1.82) is 0 Å². The van der Waals surface area contributed by atoms with Crippen molar-refractivity contribution in [3.63, 3.8) is 0 Å². The molecule has 0 saturated heterocycles. The number of hydrogen-bond donors (Lipinski definition) is 2. The Morgan fingerprint density at radius 2 is 2.23 bits per heavy atom. The van der Waals surface area contributed by atoms with E-state index in [1.54, 1.807) is 12.1 Å². The summed E-state index contributed by atoms with van der Waals surface area (Å²) in [6.07, 6.45) is 0. The van der Waals surface area contributed by atoms with Crippen LogP contribution in [-0.4, -0.2) is 18.8 Å². The summed E-state index contributed by atoms with van der Waals surface area (Å²) < 4.78 is 29.6. The van der Waals surface area contributed by atoms with Crippen molar-refractivity contribution >= 4 is 33.1 Å². The average Bonchev–Trinajstić information content (AvgIpc) is 2.33. The fourth-order valence-corrected chi connectivity index (χ4v) is 2.17. The molecule has 0 amide bonds. The van der Waals surface area contributed by atoms with Gasteiger partial charge < -0.3 is 0 Å². The van der Waals surface area contributed by atoms with Crippen LogP contribution < -0.4 is 5.32 Å². The van der Waals surface area contributed by atoms with Gasteiger partial charge >= 0.3 is 0 Å². The number of nitrogens with one attached hydrogen (secondary N) is 1. The molecule has 1 aromatic heterocycles. The zero-order chi connectivity index (χ0) is 9.90. The minimum atomic E-state index is -3.93. The van der Waals surface area contributed by atoms with Crippen LogP contribution in [-0.2, 0) is 16.7 Å². The molecule has 7 heteroatoms. The van der Waals surface area contributed by atoms with Gasteiger partial charge in [0.1, 0.15) is 5.88 Å². The lowest BCUT2D eigenvalue weighted by Crippen LogP contribution is -2.21. The lowest BCUT2D eigenvalue weighted by atomic mass is 10.5. The second-order valence-corrected chi connectivity index (χ2v) is 5.61. The number of hydrogen-bond acceptors (Lipinski definition) is 4. The van der Waals surface area contributed by atoms with Gasteiger partial charge in [0.05, 0.1) is 4.34 Å². The molecule has 0 aliphatic rings. The highest BCUT2D eigenvalue weighted by Gasteiger charge is 2.03. The van der Waals surface area contributed by atoms with Crippen molar-refractivity contribution in [2.75, 3.05) is 5.88 Å². The fourth-order valence-electron chi connectivity index (χ4n) is 0.750. The van der Waals surface area contributed by atoms with Gasteiger partial charge in [-0.1, -0.05) is 11.6 Å². The van der Waals surface area contributed by atoms with Crippen LogP contribution in [0.2, 0.25) is 4.34 Å². The van der Waals surface area contributed by atoms with Crippen LogP contribution in [0.4, 0.5) is 0 Å². The maximum absolute atomic E-state index is 10.3. The Labute approximate surface area is 85.3 Å². The second kappa shape index (κ2) is 4.39. The lowest BCUT2D eigenvalue weighted by Gasteiger charge is -1.98. The van der Waals surface area contributed by atoms with Crippen LogP contribution >= 0.6 is 22.9 Å². The van der Waals surface area contributed by atoms with Crippen LogP contribution in [0.3, 0.4) is 0 Å². The summed E-state index contributed by atoms with van der Waals surface area (Å²) in [7, 11) is -3.93. The smallest absolute Gasteiger partial charge is 0.278 e. The second-order valence-electron chi connectivity index (χ2n) is 2.36. The van der Waals surface area contributed by atoms with E-state index in [1.165, 1.54) is 11.3 Å². The molecule has 0 aliphatic heterocycles. The highest BCUT2D eigenvalue weighted by molar-refractivity contribution is 7.85. The Morgan fingerprint density at radius 1 is 1.54 bits per heavy atom. The first kappa shape index (κ1) is 10.9. The molecule has 0 spiro atoms. The van der Waals surface area contributed by atoms with Gasteiger partial charge in [0.25, 0.3) is 10.1 Å². The van der Waals surface area contributed by atoms with Crippen LogP contribution in [0.5, 0.6) is 0 Å². The summed E-state index contributed by atoms with van der Waals surface area (Å²) in [5.41, 5.74) is 0. The number of halogens is 1. The molecule has 0 aromatic carbocycles. The molecule has 0 saturated carbocycles. The van der Waals surface area contributed by atoms with E-state index in [1.807, 2.05) is 0 Å². The monoisotopic (exact) mass is 241 g/mol. The van der Waals surface area contributed by atoms with Crippen molar-refractivity contribution in [3.05, 3.63) is 21.3 Å². The maximum atomic E-state index is 10.3. The molecule has 1 heterocycles. The first-order valence-corrected chi connectivity index (χ1v) is 6.18. The molecule has 0 bridgehead atoms. The van der Waals surface area contributed by atoms with Crippen LogP contribution in [0, 0.1) is 0 Å². The molecular weight excluding hydrogens is 234 g/mol. The Kier molecular flexibility index (Phi) is 3.69. The number of rotatable bonds is 4. The highest BCUT2D eigenvalue weighted by atomic mass is 35.5. The van der Waals surface area contributed by atoms with E-state index in [0.717, 1.165) is 4.88 Å². The molecule has 1 aromatic rings. The largest absolute Gasteiger partial charge is 0.297 e. The lowest BCUT2D eigenvalue weighted by molar-refractivity contribution is 0.476. The first-order valence-electron chi connectivity index (χ1n) is 3.37. The van der Waals surface area contributed by atoms with Crippen LogP contribution in [0.25, 0.3) is 0 Å². The van der Waals surface area contributed by atoms with Crippen LogP contribution in [0.1, 0.15) is 4.88 Å². The molecule has 0 radical (unpaired) electrons. The topological polar surface area (TPSA) is 66.4 Å². The zero-order valence-electron chi connectivity index (χ0n) is 6.53. The van der Waals surface area contributed by atoms with E-state index in [0.29, 0.717) is 10.9 Å². The summed E-state index contributed by atoms with van der Waals surface area (Å²) in [5.74, 6) is -0.442. The first-order chi connectivity index (χ1) is 5.97. The van der Waals surface area contributed by atoms with E-state index in [-0.39, 0.29) is 0 Å².